The molecule has 0 aromatic rings. The van der Waals surface area contributed by atoms with Gasteiger partial charge in [0.15, 0.2) is 9.84 Å². The minimum atomic E-state index is -2.90. The molecule has 3 unspecified atom stereocenters. The summed E-state index contributed by atoms with van der Waals surface area (Å²) >= 11 is 0. The molecule has 1 N–H and O–H groups in total. The topological polar surface area (TPSA) is 55.4 Å². The first-order valence-electron chi connectivity index (χ1n) is 6.62. The van der Waals surface area contributed by atoms with Gasteiger partial charge < -0.3 is 10.1 Å². The van der Waals surface area contributed by atoms with E-state index < -0.39 is 9.84 Å². The largest absolute Gasteiger partial charge is 0.381 e. The molecule has 5 heteroatoms. The number of rotatable bonds is 3. The molecule has 2 aliphatic rings. The third-order valence-corrected chi connectivity index (χ3v) is 6.38. The molecule has 3 atom stereocenters. The molecule has 2 fully saturated rings. The summed E-state index contributed by atoms with van der Waals surface area (Å²) in [5, 5.41) is 3.04. The van der Waals surface area contributed by atoms with E-state index in [-0.39, 0.29) is 11.3 Å². The molecule has 0 spiro atoms. The quantitative estimate of drug-likeness (QED) is 0.822. The molecule has 100 valence electrons. The van der Waals surface area contributed by atoms with Gasteiger partial charge in [0.05, 0.1) is 17.6 Å². The van der Waals surface area contributed by atoms with Crippen LogP contribution in [0.4, 0.5) is 0 Å². The van der Waals surface area contributed by atoms with Crippen LogP contribution in [0.15, 0.2) is 0 Å². The van der Waals surface area contributed by atoms with E-state index >= 15 is 0 Å². The first kappa shape index (κ1) is 13.3. The lowest BCUT2D eigenvalue weighted by Crippen LogP contribution is -2.51. The summed E-state index contributed by atoms with van der Waals surface area (Å²) in [5.74, 6) is 0.718. The fraction of sp³-hybridized carbons (Fsp3) is 1.00. The van der Waals surface area contributed by atoms with Crippen molar-refractivity contribution in [3.63, 3.8) is 0 Å². The van der Waals surface area contributed by atoms with Gasteiger partial charge in [-0.25, -0.2) is 8.42 Å². The zero-order valence-electron chi connectivity index (χ0n) is 10.5. The lowest BCUT2D eigenvalue weighted by molar-refractivity contribution is 0.0391. The Morgan fingerprint density at radius 2 is 2.06 bits per heavy atom. The van der Waals surface area contributed by atoms with E-state index in [0.717, 1.165) is 38.7 Å². The second-order valence-electron chi connectivity index (χ2n) is 5.19. The van der Waals surface area contributed by atoms with Crippen molar-refractivity contribution in [1.29, 1.82) is 0 Å². The average Bonchev–Trinajstić information content (AvgIpc) is 2.33. The smallest absolute Gasteiger partial charge is 0.154 e. The van der Waals surface area contributed by atoms with E-state index in [4.69, 9.17) is 4.74 Å². The van der Waals surface area contributed by atoms with Crippen LogP contribution in [0, 0.1) is 5.92 Å². The summed E-state index contributed by atoms with van der Waals surface area (Å²) in [6.07, 6.45) is 4.81. The van der Waals surface area contributed by atoms with Gasteiger partial charge in [0.25, 0.3) is 0 Å². The normalized spacial score (nSPS) is 35.4. The molecule has 0 saturated carbocycles. The second kappa shape index (κ2) is 5.67. The molecule has 0 amide bonds. The van der Waals surface area contributed by atoms with Crippen LogP contribution in [0.25, 0.3) is 0 Å². The molecule has 0 aromatic heterocycles. The Balaban J connectivity index is 2.10. The van der Waals surface area contributed by atoms with Crippen LogP contribution in [-0.2, 0) is 14.6 Å². The van der Waals surface area contributed by atoms with Crippen molar-refractivity contribution in [3.05, 3.63) is 0 Å². The zero-order valence-corrected chi connectivity index (χ0v) is 11.3. The predicted octanol–water partition coefficient (Wildman–Crippen LogP) is 0.968. The van der Waals surface area contributed by atoms with E-state index in [1.165, 1.54) is 0 Å². The van der Waals surface area contributed by atoms with E-state index in [9.17, 15) is 8.42 Å². The number of hydrogen-bond acceptors (Lipinski definition) is 4. The summed E-state index contributed by atoms with van der Waals surface area (Å²) in [7, 11) is -1.02. The van der Waals surface area contributed by atoms with Gasteiger partial charge >= 0.3 is 0 Å². The van der Waals surface area contributed by atoms with Gasteiger partial charge in [-0.15, -0.1) is 0 Å². The highest BCUT2D eigenvalue weighted by Crippen LogP contribution is 2.29. The van der Waals surface area contributed by atoms with Crippen molar-refractivity contribution in [1.82, 2.24) is 5.32 Å². The van der Waals surface area contributed by atoms with Crippen LogP contribution in [0.5, 0.6) is 0 Å². The molecule has 2 heterocycles. The molecular formula is C12H23NO3S. The van der Waals surface area contributed by atoms with Crippen molar-refractivity contribution in [3.8, 4) is 0 Å². The highest BCUT2D eigenvalue weighted by molar-refractivity contribution is 7.92. The average molecular weight is 261 g/mol. The second-order valence-corrected chi connectivity index (χ2v) is 7.53. The van der Waals surface area contributed by atoms with Gasteiger partial charge in [0.1, 0.15) is 0 Å². The molecule has 0 aliphatic carbocycles. The molecule has 2 aliphatic heterocycles. The fourth-order valence-corrected chi connectivity index (χ4v) is 5.40. The molecule has 17 heavy (non-hydrogen) atoms. The van der Waals surface area contributed by atoms with Crippen molar-refractivity contribution in [2.24, 2.45) is 5.92 Å². The van der Waals surface area contributed by atoms with Crippen LogP contribution >= 0.6 is 0 Å². The maximum absolute atomic E-state index is 12.1. The van der Waals surface area contributed by atoms with E-state index in [1.807, 2.05) is 7.05 Å². The standard InChI is InChI=1S/C12H23NO3S/c1-13-12(10-5-4-7-16-9-10)11-6-2-3-8-17(11,14)15/h10-13H,2-9H2,1H3. The van der Waals surface area contributed by atoms with Crippen LogP contribution < -0.4 is 5.32 Å². The summed E-state index contributed by atoms with van der Waals surface area (Å²) in [6, 6.07) is 0.0700. The maximum atomic E-state index is 12.1. The summed E-state index contributed by atoms with van der Waals surface area (Å²) in [4.78, 5) is 0. The van der Waals surface area contributed by atoms with Gasteiger partial charge in [-0.2, -0.15) is 0 Å². The van der Waals surface area contributed by atoms with Crippen molar-refractivity contribution < 1.29 is 13.2 Å². The van der Waals surface area contributed by atoms with Crippen LogP contribution in [0.3, 0.4) is 0 Å². The van der Waals surface area contributed by atoms with Gasteiger partial charge in [-0.1, -0.05) is 6.42 Å². The van der Waals surface area contributed by atoms with Gasteiger partial charge in [0, 0.05) is 12.6 Å². The molecule has 2 saturated heterocycles. The minimum Gasteiger partial charge on any atom is -0.381 e. The van der Waals surface area contributed by atoms with E-state index in [2.05, 4.69) is 5.32 Å². The Morgan fingerprint density at radius 1 is 1.24 bits per heavy atom. The first-order valence-corrected chi connectivity index (χ1v) is 8.33. The Morgan fingerprint density at radius 3 is 2.65 bits per heavy atom. The van der Waals surface area contributed by atoms with E-state index in [0.29, 0.717) is 18.3 Å². The number of sulfone groups is 1. The van der Waals surface area contributed by atoms with Crippen molar-refractivity contribution in [2.45, 2.75) is 43.4 Å². The highest BCUT2D eigenvalue weighted by atomic mass is 32.2. The van der Waals surface area contributed by atoms with Crippen molar-refractivity contribution >= 4 is 9.84 Å². The molecule has 0 radical (unpaired) electrons. The summed E-state index contributed by atoms with van der Waals surface area (Å²) < 4.78 is 29.8. The zero-order chi connectivity index (χ0) is 12.3. The fourth-order valence-electron chi connectivity index (χ4n) is 3.16. The Hall–Kier alpha value is -0.130. The van der Waals surface area contributed by atoms with Crippen LogP contribution in [0.2, 0.25) is 0 Å². The van der Waals surface area contributed by atoms with Crippen LogP contribution in [-0.4, -0.2) is 45.7 Å². The minimum absolute atomic E-state index is 0.0700. The number of hydrogen-bond donors (Lipinski definition) is 1. The molecule has 0 bridgehead atoms. The summed E-state index contributed by atoms with van der Waals surface area (Å²) in [5.41, 5.74) is 0. The third-order valence-electron chi connectivity index (χ3n) is 4.07. The van der Waals surface area contributed by atoms with Gasteiger partial charge in [0.2, 0.25) is 0 Å². The molecule has 2 rings (SSSR count). The number of ether oxygens (including phenoxy) is 1. The van der Waals surface area contributed by atoms with E-state index in [1.54, 1.807) is 0 Å². The predicted molar refractivity (Wildman–Crippen MR) is 67.8 cm³/mol. The van der Waals surface area contributed by atoms with Crippen LogP contribution in [0.1, 0.15) is 32.1 Å². The lowest BCUT2D eigenvalue weighted by atomic mass is 9.89. The Labute approximate surface area is 104 Å². The summed E-state index contributed by atoms with van der Waals surface area (Å²) in [6.45, 7) is 1.53. The molecule has 4 nitrogen and oxygen atoms in total. The number of nitrogens with one attached hydrogen (secondary N) is 1. The Bertz CT molecular complexity index is 336. The SMILES string of the molecule is CNC(C1CCCOC1)C1CCCCS1(=O)=O. The first-order chi connectivity index (χ1) is 8.15. The highest BCUT2D eigenvalue weighted by Gasteiger charge is 2.39. The van der Waals surface area contributed by atoms with Gasteiger partial charge in [-0.3, -0.25) is 0 Å². The van der Waals surface area contributed by atoms with Gasteiger partial charge in [-0.05, 0) is 38.6 Å². The lowest BCUT2D eigenvalue weighted by Gasteiger charge is -2.36. The monoisotopic (exact) mass is 261 g/mol. The molecule has 0 aromatic carbocycles. The Kier molecular flexibility index (Phi) is 4.44. The van der Waals surface area contributed by atoms with Crippen molar-refractivity contribution in [2.75, 3.05) is 26.0 Å². The third kappa shape index (κ3) is 3.01. The maximum Gasteiger partial charge on any atom is 0.154 e. The molecular weight excluding hydrogens is 238 g/mol.